The second kappa shape index (κ2) is 13.0. The van der Waals surface area contributed by atoms with E-state index in [-0.39, 0.29) is 12.5 Å². The van der Waals surface area contributed by atoms with Crippen LogP contribution in [-0.2, 0) is 16.1 Å². The predicted molar refractivity (Wildman–Crippen MR) is 138 cm³/mol. The van der Waals surface area contributed by atoms with Crippen molar-refractivity contribution < 1.29 is 9.53 Å². The molecule has 0 spiro atoms. The van der Waals surface area contributed by atoms with Crippen molar-refractivity contribution in [2.75, 3.05) is 29.9 Å². The van der Waals surface area contributed by atoms with E-state index in [0.29, 0.717) is 31.2 Å². The summed E-state index contributed by atoms with van der Waals surface area (Å²) >= 11 is 0. The summed E-state index contributed by atoms with van der Waals surface area (Å²) in [5.41, 5.74) is 4.50. The van der Waals surface area contributed by atoms with Crippen molar-refractivity contribution in [3.63, 3.8) is 0 Å². The van der Waals surface area contributed by atoms with Crippen molar-refractivity contribution in [2.24, 2.45) is 0 Å². The molecule has 5 nitrogen and oxygen atoms in total. The number of ether oxygens (including phenoxy) is 1. The van der Waals surface area contributed by atoms with Crippen LogP contribution < -0.4 is 10.2 Å². The molecule has 0 aliphatic rings. The van der Waals surface area contributed by atoms with E-state index in [9.17, 15) is 10.1 Å². The molecule has 0 unspecified atom stereocenters. The maximum Gasteiger partial charge on any atom is 0.243 e. The standard InChI is InChI=1S/C29H31N3O2/c1-23(2)26-13-15-27(16-14-26)31-29(33)21-32(28-12-8-11-25(19-28)20-30)17-6-7-18-34-22-24-9-4-3-5-10-24/h3-16,19,23H,17-18,21-22H2,1-2H3,(H,31,33)/b7-6+. The third-order valence-corrected chi connectivity index (χ3v) is 5.35. The molecule has 0 saturated heterocycles. The Hall–Kier alpha value is -3.88. The third-order valence-electron chi connectivity index (χ3n) is 5.35. The minimum absolute atomic E-state index is 0.117. The summed E-state index contributed by atoms with van der Waals surface area (Å²) in [6.45, 7) is 5.99. The van der Waals surface area contributed by atoms with Crippen LogP contribution in [0.5, 0.6) is 0 Å². The highest BCUT2D eigenvalue weighted by atomic mass is 16.5. The Morgan fingerprint density at radius 1 is 1.03 bits per heavy atom. The molecule has 0 heterocycles. The quantitative estimate of drug-likeness (QED) is 0.290. The van der Waals surface area contributed by atoms with Gasteiger partial charge in [0.05, 0.1) is 31.4 Å². The van der Waals surface area contributed by atoms with Crippen LogP contribution in [0.2, 0.25) is 0 Å². The minimum Gasteiger partial charge on any atom is -0.373 e. The van der Waals surface area contributed by atoms with E-state index < -0.39 is 0 Å². The Balaban J connectivity index is 1.59. The van der Waals surface area contributed by atoms with Crippen LogP contribution >= 0.6 is 0 Å². The SMILES string of the molecule is CC(C)c1ccc(NC(=O)CN(C/C=C/COCc2ccccc2)c2cccc(C#N)c2)cc1. The molecule has 0 atom stereocenters. The van der Waals surface area contributed by atoms with Gasteiger partial charge in [0.15, 0.2) is 0 Å². The number of rotatable bonds is 11. The predicted octanol–water partition coefficient (Wildman–Crippen LogP) is 5.90. The molecule has 3 aromatic carbocycles. The highest BCUT2D eigenvalue weighted by Crippen LogP contribution is 2.19. The van der Waals surface area contributed by atoms with Crippen LogP contribution in [0.1, 0.15) is 36.5 Å². The molecule has 5 heteroatoms. The van der Waals surface area contributed by atoms with Gasteiger partial charge < -0.3 is 15.0 Å². The lowest BCUT2D eigenvalue weighted by atomic mass is 10.0. The molecule has 1 N–H and O–H groups in total. The van der Waals surface area contributed by atoms with Crippen LogP contribution in [0, 0.1) is 11.3 Å². The van der Waals surface area contributed by atoms with E-state index >= 15 is 0 Å². The van der Waals surface area contributed by atoms with E-state index in [1.54, 1.807) is 12.1 Å². The fourth-order valence-corrected chi connectivity index (χ4v) is 3.45. The summed E-state index contributed by atoms with van der Waals surface area (Å²) in [6.07, 6.45) is 3.93. The number of carbonyl (C=O) groups excluding carboxylic acids is 1. The van der Waals surface area contributed by atoms with Crippen LogP contribution in [0.4, 0.5) is 11.4 Å². The maximum atomic E-state index is 12.8. The first-order chi connectivity index (χ1) is 16.5. The van der Waals surface area contributed by atoms with Gasteiger partial charge in [0.1, 0.15) is 0 Å². The molecule has 34 heavy (non-hydrogen) atoms. The first kappa shape index (κ1) is 24.8. The van der Waals surface area contributed by atoms with Gasteiger partial charge in [-0.15, -0.1) is 0 Å². The molecular weight excluding hydrogens is 422 g/mol. The number of nitriles is 1. The number of amides is 1. The molecule has 0 aliphatic heterocycles. The number of anilines is 2. The second-order valence-electron chi connectivity index (χ2n) is 8.34. The fourth-order valence-electron chi connectivity index (χ4n) is 3.45. The zero-order valence-corrected chi connectivity index (χ0v) is 19.8. The third kappa shape index (κ3) is 7.91. The van der Waals surface area contributed by atoms with Gasteiger partial charge in [-0.2, -0.15) is 5.26 Å². The lowest BCUT2D eigenvalue weighted by Crippen LogP contribution is -2.33. The van der Waals surface area contributed by atoms with Crippen molar-refractivity contribution in [2.45, 2.75) is 26.4 Å². The Kier molecular flexibility index (Phi) is 9.45. The van der Waals surface area contributed by atoms with Crippen molar-refractivity contribution in [1.29, 1.82) is 5.26 Å². The maximum absolute atomic E-state index is 12.8. The number of hydrogen-bond donors (Lipinski definition) is 1. The average molecular weight is 454 g/mol. The monoisotopic (exact) mass is 453 g/mol. The van der Waals surface area contributed by atoms with E-state index in [4.69, 9.17) is 4.74 Å². The highest BCUT2D eigenvalue weighted by molar-refractivity contribution is 5.94. The molecule has 0 fully saturated rings. The van der Waals surface area contributed by atoms with E-state index in [0.717, 1.165) is 16.9 Å². The summed E-state index contributed by atoms with van der Waals surface area (Å²) in [7, 11) is 0. The van der Waals surface area contributed by atoms with Gasteiger partial charge in [0.25, 0.3) is 0 Å². The molecule has 174 valence electrons. The topological polar surface area (TPSA) is 65.4 Å². The molecule has 0 radical (unpaired) electrons. The van der Waals surface area contributed by atoms with E-state index in [1.165, 1.54) is 5.56 Å². The Morgan fingerprint density at radius 3 is 2.50 bits per heavy atom. The van der Waals surface area contributed by atoms with Crippen LogP contribution in [0.25, 0.3) is 0 Å². The van der Waals surface area contributed by atoms with Crippen LogP contribution in [0.3, 0.4) is 0 Å². The zero-order chi connectivity index (χ0) is 24.2. The van der Waals surface area contributed by atoms with Gasteiger partial charge in [-0.1, -0.05) is 74.5 Å². The summed E-state index contributed by atoms with van der Waals surface area (Å²) in [5, 5.41) is 12.2. The fraction of sp³-hybridized carbons (Fsp3) is 0.241. The Labute approximate surface area is 202 Å². The zero-order valence-electron chi connectivity index (χ0n) is 19.8. The molecular formula is C29H31N3O2. The lowest BCUT2D eigenvalue weighted by molar-refractivity contribution is -0.115. The summed E-state index contributed by atoms with van der Waals surface area (Å²) in [5.74, 6) is 0.324. The molecule has 1 amide bonds. The van der Waals surface area contributed by atoms with Gasteiger partial charge in [-0.3, -0.25) is 4.79 Å². The molecule has 0 aliphatic carbocycles. The van der Waals surface area contributed by atoms with Crippen LogP contribution in [0.15, 0.2) is 91.0 Å². The molecule has 3 rings (SSSR count). The number of hydrogen-bond acceptors (Lipinski definition) is 4. The van der Waals surface area contributed by atoms with Gasteiger partial charge in [0.2, 0.25) is 5.91 Å². The lowest BCUT2D eigenvalue weighted by Gasteiger charge is -2.23. The van der Waals surface area contributed by atoms with Crippen molar-refractivity contribution >= 4 is 17.3 Å². The molecule has 3 aromatic rings. The van der Waals surface area contributed by atoms with E-state index in [1.807, 2.05) is 83.8 Å². The van der Waals surface area contributed by atoms with Gasteiger partial charge in [0, 0.05) is 17.9 Å². The van der Waals surface area contributed by atoms with Crippen molar-refractivity contribution in [3.05, 3.63) is 108 Å². The molecule has 0 bridgehead atoms. The van der Waals surface area contributed by atoms with E-state index in [2.05, 4.69) is 25.2 Å². The summed E-state index contributed by atoms with van der Waals surface area (Å²) in [6, 6.07) is 27.4. The number of nitrogens with one attached hydrogen (secondary N) is 1. The largest absolute Gasteiger partial charge is 0.373 e. The minimum atomic E-state index is -0.117. The Bertz CT molecular complexity index is 1120. The van der Waals surface area contributed by atoms with Crippen molar-refractivity contribution in [3.8, 4) is 6.07 Å². The van der Waals surface area contributed by atoms with Gasteiger partial charge in [-0.25, -0.2) is 0 Å². The second-order valence-corrected chi connectivity index (χ2v) is 8.34. The van der Waals surface area contributed by atoms with Gasteiger partial charge >= 0.3 is 0 Å². The highest BCUT2D eigenvalue weighted by Gasteiger charge is 2.12. The van der Waals surface area contributed by atoms with Crippen molar-refractivity contribution in [1.82, 2.24) is 0 Å². The van der Waals surface area contributed by atoms with Gasteiger partial charge in [-0.05, 0) is 47.4 Å². The Morgan fingerprint density at radius 2 is 1.79 bits per heavy atom. The smallest absolute Gasteiger partial charge is 0.243 e. The average Bonchev–Trinajstić information content (AvgIpc) is 2.86. The van der Waals surface area contributed by atoms with Crippen LogP contribution in [-0.4, -0.2) is 25.6 Å². The number of nitrogens with zero attached hydrogens (tertiary/aromatic N) is 2. The molecule has 0 saturated carbocycles. The number of carbonyl (C=O) groups is 1. The summed E-state index contributed by atoms with van der Waals surface area (Å²) in [4.78, 5) is 14.7. The first-order valence-electron chi connectivity index (χ1n) is 11.5. The normalized spacial score (nSPS) is 10.9. The number of benzene rings is 3. The molecule has 0 aromatic heterocycles. The first-order valence-corrected chi connectivity index (χ1v) is 11.5. The summed E-state index contributed by atoms with van der Waals surface area (Å²) < 4.78 is 5.70.